The van der Waals surface area contributed by atoms with Crippen molar-refractivity contribution in [1.29, 1.82) is 0 Å². The van der Waals surface area contributed by atoms with Gasteiger partial charge in [0.2, 0.25) is 5.89 Å². The maximum Gasteiger partial charge on any atom is 0.228 e. The fraction of sp³-hybridized carbons (Fsp3) is 0.867. The first kappa shape index (κ1) is 15.8. The standard InChI is InChI=1S/C15H27N3OS/c1-4-16-13(12-7-5-6-8-12)9-15-17-14(18-19-15)10-20-11(2)3/h11-13,16H,4-10H2,1-3H3. The molecule has 0 bridgehead atoms. The Hall–Kier alpha value is -0.550. The van der Waals surface area contributed by atoms with Gasteiger partial charge >= 0.3 is 0 Å². The number of thioether (sulfide) groups is 1. The van der Waals surface area contributed by atoms with E-state index in [9.17, 15) is 0 Å². The fourth-order valence-corrected chi connectivity index (χ4v) is 3.49. The van der Waals surface area contributed by atoms with Gasteiger partial charge in [-0.2, -0.15) is 16.7 Å². The van der Waals surface area contributed by atoms with E-state index in [4.69, 9.17) is 4.52 Å². The fourth-order valence-electron chi connectivity index (χ4n) is 2.89. The van der Waals surface area contributed by atoms with Crippen LogP contribution in [0.1, 0.15) is 58.2 Å². The molecule has 0 aliphatic heterocycles. The summed E-state index contributed by atoms with van der Waals surface area (Å²) in [6.45, 7) is 7.55. The molecule has 2 rings (SSSR count). The van der Waals surface area contributed by atoms with Gasteiger partial charge in [0.05, 0.1) is 5.75 Å². The van der Waals surface area contributed by atoms with Crippen molar-refractivity contribution in [2.75, 3.05) is 6.54 Å². The molecule has 4 nitrogen and oxygen atoms in total. The van der Waals surface area contributed by atoms with Gasteiger partial charge in [0.15, 0.2) is 5.82 Å². The Morgan fingerprint density at radius 2 is 2.10 bits per heavy atom. The molecule has 1 atom stereocenters. The number of hydrogen-bond donors (Lipinski definition) is 1. The number of nitrogens with one attached hydrogen (secondary N) is 1. The Balaban J connectivity index is 1.89. The van der Waals surface area contributed by atoms with E-state index in [-0.39, 0.29) is 0 Å². The van der Waals surface area contributed by atoms with Crippen molar-refractivity contribution in [3.8, 4) is 0 Å². The lowest BCUT2D eigenvalue weighted by Crippen LogP contribution is -2.37. The highest BCUT2D eigenvalue weighted by Crippen LogP contribution is 2.29. The predicted octanol–water partition coefficient (Wildman–Crippen LogP) is 3.42. The topological polar surface area (TPSA) is 51.0 Å². The largest absolute Gasteiger partial charge is 0.339 e. The molecule has 0 radical (unpaired) electrons. The average Bonchev–Trinajstić information content (AvgIpc) is 3.07. The maximum atomic E-state index is 5.42. The van der Waals surface area contributed by atoms with E-state index >= 15 is 0 Å². The number of rotatable bonds is 8. The Morgan fingerprint density at radius 1 is 1.35 bits per heavy atom. The summed E-state index contributed by atoms with van der Waals surface area (Å²) in [6.07, 6.45) is 6.28. The van der Waals surface area contributed by atoms with Gasteiger partial charge in [0, 0.05) is 12.5 Å². The molecule has 0 saturated heterocycles. The maximum absolute atomic E-state index is 5.42. The van der Waals surface area contributed by atoms with E-state index < -0.39 is 0 Å². The number of nitrogens with zero attached hydrogens (tertiary/aromatic N) is 2. The first-order chi connectivity index (χ1) is 9.69. The first-order valence-electron chi connectivity index (χ1n) is 7.85. The Labute approximate surface area is 126 Å². The van der Waals surface area contributed by atoms with Gasteiger partial charge in [-0.25, -0.2) is 0 Å². The second-order valence-corrected chi connectivity index (χ2v) is 7.44. The molecule has 0 amide bonds. The van der Waals surface area contributed by atoms with Crippen molar-refractivity contribution >= 4 is 11.8 Å². The molecule has 0 aromatic carbocycles. The monoisotopic (exact) mass is 297 g/mol. The van der Waals surface area contributed by atoms with Crippen LogP contribution in [0.3, 0.4) is 0 Å². The molecule has 1 heterocycles. The van der Waals surface area contributed by atoms with Crippen molar-refractivity contribution in [2.24, 2.45) is 5.92 Å². The third-order valence-corrected chi connectivity index (χ3v) is 4.98. The van der Waals surface area contributed by atoms with Crippen LogP contribution in [-0.4, -0.2) is 28.0 Å². The first-order valence-corrected chi connectivity index (χ1v) is 8.90. The van der Waals surface area contributed by atoms with E-state index in [2.05, 4.69) is 36.2 Å². The highest BCUT2D eigenvalue weighted by molar-refractivity contribution is 7.99. The number of hydrogen-bond acceptors (Lipinski definition) is 5. The summed E-state index contributed by atoms with van der Waals surface area (Å²) in [7, 11) is 0. The van der Waals surface area contributed by atoms with Crippen LogP contribution in [0.5, 0.6) is 0 Å². The predicted molar refractivity (Wildman–Crippen MR) is 83.9 cm³/mol. The van der Waals surface area contributed by atoms with Crippen LogP contribution in [-0.2, 0) is 12.2 Å². The van der Waals surface area contributed by atoms with E-state index in [1.807, 2.05) is 11.8 Å². The van der Waals surface area contributed by atoms with E-state index in [1.165, 1.54) is 25.7 Å². The second-order valence-electron chi connectivity index (χ2n) is 5.88. The lowest BCUT2D eigenvalue weighted by molar-refractivity contribution is 0.310. The minimum atomic E-state index is 0.494. The van der Waals surface area contributed by atoms with Gasteiger partial charge in [0.25, 0.3) is 0 Å². The Bertz CT molecular complexity index is 388. The molecule has 1 aromatic rings. The van der Waals surface area contributed by atoms with Gasteiger partial charge in [-0.3, -0.25) is 0 Å². The summed E-state index contributed by atoms with van der Waals surface area (Å²) in [4.78, 5) is 4.54. The summed E-state index contributed by atoms with van der Waals surface area (Å²) in [5.74, 6) is 3.24. The van der Waals surface area contributed by atoms with Gasteiger partial charge in [0.1, 0.15) is 0 Å². The molecule has 0 spiro atoms. The molecule has 1 unspecified atom stereocenters. The minimum Gasteiger partial charge on any atom is -0.339 e. The van der Waals surface area contributed by atoms with Gasteiger partial charge in [-0.1, -0.05) is 38.8 Å². The van der Waals surface area contributed by atoms with E-state index in [0.717, 1.165) is 36.4 Å². The van der Waals surface area contributed by atoms with Crippen molar-refractivity contribution in [3.05, 3.63) is 11.7 Å². The molecule has 1 fully saturated rings. The highest BCUT2D eigenvalue weighted by atomic mass is 32.2. The zero-order chi connectivity index (χ0) is 14.4. The zero-order valence-electron chi connectivity index (χ0n) is 12.9. The molecular formula is C15H27N3OS. The molecule has 1 N–H and O–H groups in total. The lowest BCUT2D eigenvalue weighted by atomic mass is 9.95. The van der Waals surface area contributed by atoms with Crippen LogP contribution < -0.4 is 5.32 Å². The summed E-state index contributed by atoms with van der Waals surface area (Å²) in [6, 6.07) is 0.494. The van der Waals surface area contributed by atoms with Crippen LogP contribution in [0.25, 0.3) is 0 Å². The van der Waals surface area contributed by atoms with E-state index in [0.29, 0.717) is 11.3 Å². The molecule has 114 valence electrons. The summed E-state index contributed by atoms with van der Waals surface area (Å²) < 4.78 is 5.42. The van der Waals surface area contributed by atoms with Gasteiger partial charge < -0.3 is 9.84 Å². The molecule has 1 aliphatic rings. The highest BCUT2D eigenvalue weighted by Gasteiger charge is 2.26. The molecular weight excluding hydrogens is 270 g/mol. The SMILES string of the molecule is CCNC(Cc1nc(CSC(C)C)no1)C1CCCC1. The normalized spacial score (nSPS) is 18.0. The van der Waals surface area contributed by atoms with Crippen LogP contribution in [0.4, 0.5) is 0 Å². The Kier molecular flexibility index (Phi) is 6.36. The van der Waals surface area contributed by atoms with Crippen molar-refractivity contribution in [3.63, 3.8) is 0 Å². The van der Waals surface area contributed by atoms with Crippen LogP contribution in [0.15, 0.2) is 4.52 Å². The quantitative estimate of drug-likeness (QED) is 0.796. The summed E-state index contributed by atoms with van der Waals surface area (Å²) in [5, 5.41) is 8.29. The molecule has 1 saturated carbocycles. The third kappa shape index (κ3) is 4.77. The lowest BCUT2D eigenvalue weighted by Gasteiger charge is -2.22. The van der Waals surface area contributed by atoms with Gasteiger partial charge in [-0.05, 0) is 30.6 Å². The number of likely N-dealkylation sites (N-methyl/N-ethyl adjacent to an activating group) is 1. The second kappa shape index (κ2) is 8.03. The summed E-state index contributed by atoms with van der Waals surface area (Å²) >= 11 is 1.85. The van der Waals surface area contributed by atoms with E-state index in [1.54, 1.807) is 0 Å². The third-order valence-electron chi connectivity index (χ3n) is 3.89. The minimum absolute atomic E-state index is 0.494. The Morgan fingerprint density at radius 3 is 2.75 bits per heavy atom. The smallest absolute Gasteiger partial charge is 0.228 e. The zero-order valence-corrected chi connectivity index (χ0v) is 13.7. The molecule has 5 heteroatoms. The van der Waals surface area contributed by atoms with Crippen molar-refractivity contribution < 1.29 is 4.52 Å². The summed E-state index contributed by atoms with van der Waals surface area (Å²) in [5.41, 5.74) is 0. The number of aromatic nitrogens is 2. The van der Waals surface area contributed by atoms with Crippen LogP contribution in [0.2, 0.25) is 0 Å². The molecule has 1 aliphatic carbocycles. The van der Waals surface area contributed by atoms with Crippen molar-refractivity contribution in [1.82, 2.24) is 15.5 Å². The van der Waals surface area contributed by atoms with Crippen molar-refractivity contribution in [2.45, 2.75) is 69.9 Å². The average molecular weight is 297 g/mol. The van der Waals surface area contributed by atoms with Crippen LogP contribution >= 0.6 is 11.8 Å². The van der Waals surface area contributed by atoms with Gasteiger partial charge in [-0.15, -0.1) is 0 Å². The van der Waals surface area contributed by atoms with Crippen LogP contribution in [0, 0.1) is 5.92 Å². The molecule has 20 heavy (non-hydrogen) atoms. The molecule has 1 aromatic heterocycles.